The zero-order chi connectivity index (χ0) is 13.9. The Morgan fingerprint density at radius 2 is 2.05 bits per heavy atom. The second-order valence-corrected chi connectivity index (χ2v) is 5.59. The van der Waals surface area contributed by atoms with Crippen molar-refractivity contribution in [1.82, 2.24) is 10.1 Å². The van der Waals surface area contributed by atoms with E-state index in [2.05, 4.69) is 17.1 Å². The van der Waals surface area contributed by atoms with Gasteiger partial charge in [-0.15, -0.1) is 0 Å². The molecular weight excluding hydrogens is 242 g/mol. The van der Waals surface area contributed by atoms with Crippen LogP contribution in [0.2, 0.25) is 0 Å². The third-order valence-electron chi connectivity index (χ3n) is 4.29. The van der Waals surface area contributed by atoms with Gasteiger partial charge < -0.3 is 15.0 Å². The molecule has 5 nitrogen and oxygen atoms in total. The second kappa shape index (κ2) is 6.01. The average molecular weight is 267 g/mol. The lowest BCUT2D eigenvalue weighted by atomic mass is 9.84. The van der Waals surface area contributed by atoms with E-state index in [9.17, 15) is 0 Å². The molecule has 0 amide bonds. The fraction of sp³-hybridized carbons (Fsp3) is 0.857. The normalized spacial score (nSPS) is 22.1. The van der Waals surface area contributed by atoms with Crippen LogP contribution >= 0.6 is 0 Å². The molecule has 5 heteroatoms. The maximum absolute atomic E-state index is 5.97. The summed E-state index contributed by atoms with van der Waals surface area (Å²) in [5, 5.41) is 4.17. The zero-order valence-corrected chi connectivity index (χ0v) is 12.2. The van der Waals surface area contributed by atoms with Crippen LogP contribution in [-0.2, 0) is 10.3 Å². The summed E-state index contributed by atoms with van der Waals surface area (Å²) in [6, 6.07) is 0.0168. The molecule has 0 saturated heterocycles. The number of rotatable bonds is 5. The highest BCUT2D eigenvalue weighted by atomic mass is 16.5. The molecule has 0 bridgehead atoms. The van der Waals surface area contributed by atoms with Gasteiger partial charge in [0, 0.05) is 13.2 Å². The number of nitrogens with two attached hydrogens (primary N) is 1. The first-order chi connectivity index (χ1) is 9.13. The molecule has 1 heterocycles. The molecule has 1 aromatic rings. The molecule has 0 aliphatic heterocycles. The Balaban J connectivity index is 2.23. The van der Waals surface area contributed by atoms with Crippen LogP contribution in [0.25, 0.3) is 0 Å². The van der Waals surface area contributed by atoms with Crippen LogP contribution in [0.1, 0.15) is 70.0 Å². The summed E-state index contributed by atoms with van der Waals surface area (Å²) in [4.78, 5) is 4.59. The van der Waals surface area contributed by atoms with Gasteiger partial charge in [0.25, 0.3) is 0 Å². The Labute approximate surface area is 114 Å². The Hall–Kier alpha value is -0.940. The van der Waals surface area contributed by atoms with Crippen molar-refractivity contribution in [2.24, 2.45) is 5.73 Å². The van der Waals surface area contributed by atoms with Crippen LogP contribution in [0, 0.1) is 0 Å². The highest BCUT2D eigenvalue weighted by molar-refractivity contribution is 5.06. The lowest BCUT2D eigenvalue weighted by molar-refractivity contribution is -0.0527. The van der Waals surface area contributed by atoms with Crippen LogP contribution in [0.5, 0.6) is 0 Å². The van der Waals surface area contributed by atoms with Gasteiger partial charge in [0.2, 0.25) is 11.7 Å². The number of aromatic nitrogens is 2. The Kier molecular flexibility index (Phi) is 4.58. The van der Waals surface area contributed by atoms with E-state index in [1.807, 2.05) is 6.92 Å². The SMILES string of the molecule is CCC(c1nc(C2(OC)CCCCC2)no1)C(C)N. The summed E-state index contributed by atoms with van der Waals surface area (Å²) in [6.45, 7) is 4.06. The van der Waals surface area contributed by atoms with E-state index in [1.165, 1.54) is 6.42 Å². The lowest BCUT2D eigenvalue weighted by Gasteiger charge is -2.32. The molecule has 1 fully saturated rings. The fourth-order valence-corrected chi connectivity index (χ4v) is 2.98. The minimum atomic E-state index is -0.351. The van der Waals surface area contributed by atoms with E-state index in [-0.39, 0.29) is 17.6 Å². The van der Waals surface area contributed by atoms with E-state index < -0.39 is 0 Å². The molecule has 0 radical (unpaired) electrons. The van der Waals surface area contributed by atoms with Gasteiger partial charge in [0.05, 0.1) is 5.92 Å². The van der Waals surface area contributed by atoms with E-state index in [0.717, 1.165) is 32.1 Å². The van der Waals surface area contributed by atoms with Gasteiger partial charge in [0.15, 0.2) is 0 Å². The van der Waals surface area contributed by atoms with Gasteiger partial charge in [-0.05, 0) is 26.2 Å². The fourth-order valence-electron chi connectivity index (χ4n) is 2.98. The van der Waals surface area contributed by atoms with Gasteiger partial charge >= 0.3 is 0 Å². The number of ether oxygens (including phenoxy) is 1. The number of methoxy groups -OCH3 is 1. The first-order valence-corrected chi connectivity index (χ1v) is 7.28. The van der Waals surface area contributed by atoms with E-state index in [0.29, 0.717) is 11.7 Å². The standard InChI is InChI=1S/C14H25N3O2/c1-4-11(10(2)15)12-16-13(17-19-12)14(18-3)8-6-5-7-9-14/h10-11H,4-9,15H2,1-3H3. The molecule has 1 aliphatic rings. The summed E-state index contributed by atoms with van der Waals surface area (Å²) >= 11 is 0. The van der Waals surface area contributed by atoms with Crippen molar-refractivity contribution in [3.63, 3.8) is 0 Å². The Bertz CT molecular complexity index is 397. The monoisotopic (exact) mass is 267 g/mol. The van der Waals surface area contributed by atoms with Crippen molar-refractivity contribution >= 4 is 0 Å². The summed E-state index contributed by atoms with van der Waals surface area (Å²) in [6.07, 6.45) is 6.41. The second-order valence-electron chi connectivity index (χ2n) is 5.59. The maximum atomic E-state index is 5.97. The van der Waals surface area contributed by atoms with Crippen LogP contribution in [0.4, 0.5) is 0 Å². The van der Waals surface area contributed by atoms with Crippen molar-refractivity contribution in [3.8, 4) is 0 Å². The highest BCUT2D eigenvalue weighted by Crippen LogP contribution is 2.39. The van der Waals surface area contributed by atoms with Crippen LogP contribution in [0.3, 0.4) is 0 Å². The molecule has 2 atom stereocenters. The predicted octanol–water partition coefficient (Wildman–Crippen LogP) is 2.72. The Morgan fingerprint density at radius 3 is 2.58 bits per heavy atom. The quantitative estimate of drug-likeness (QED) is 0.887. The predicted molar refractivity (Wildman–Crippen MR) is 72.8 cm³/mol. The number of nitrogens with zero attached hydrogens (tertiary/aromatic N) is 2. The summed E-state index contributed by atoms with van der Waals surface area (Å²) in [7, 11) is 1.74. The molecule has 1 saturated carbocycles. The van der Waals surface area contributed by atoms with Crippen LogP contribution in [0.15, 0.2) is 4.52 Å². The zero-order valence-electron chi connectivity index (χ0n) is 12.2. The minimum Gasteiger partial charge on any atom is -0.370 e. The van der Waals surface area contributed by atoms with Crippen molar-refractivity contribution < 1.29 is 9.26 Å². The largest absolute Gasteiger partial charge is 0.370 e. The first-order valence-electron chi connectivity index (χ1n) is 7.28. The van der Waals surface area contributed by atoms with Crippen molar-refractivity contribution in [3.05, 3.63) is 11.7 Å². The number of hydrogen-bond acceptors (Lipinski definition) is 5. The third kappa shape index (κ3) is 2.82. The molecule has 1 aromatic heterocycles. The summed E-state index contributed by atoms with van der Waals surface area (Å²) in [5.74, 6) is 1.47. The average Bonchev–Trinajstić information content (AvgIpc) is 2.90. The van der Waals surface area contributed by atoms with Crippen molar-refractivity contribution in [2.75, 3.05) is 7.11 Å². The number of hydrogen-bond donors (Lipinski definition) is 1. The van der Waals surface area contributed by atoms with Crippen LogP contribution in [-0.4, -0.2) is 23.3 Å². The molecule has 108 valence electrons. The van der Waals surface area contributed by atoms with E-state index in [1.54, 1.807) is 7.11 Å². The van der Waals surface area contributed by atoms with E-state index in [4.69, 9.17) is 15.0 Å². The van der Waals surface area contributed by atoms with Crippen LogP contribution < -0.4 is 5.73 Å². The molecule has 2 rings (SSSR count). The van der Waals surface area contributed by atoms with Gasteiger partial charge in [-0.25, -0.2) is 0 Å². The maximum Gasteiger partial charge on any atom is 0.231 e. The third-order valence-corrected chi connectivity index (χ3v) is 4.29. The van der Waals surface area contributed by atoms with Crippen molar-refractivity contribution in [2.45, 2.75) is 69.9 Å². The van der Waals surface area contributed by atoms with Gasteiger partial charge in [-0.3, -0.25) is 0 Å². The summed E-state index contributed by atoms with van der Waals surface area (Å²) in [5.41, 5.74) is 5.62. The molecule has 1 aliphatic carbocycles. The molecular formula is C14H25N3O2. The first kappa shape index (κ1) is 14.5. The summed E-state index contributed by atoms with van der Waals surface area (Å²) < 4.78 is 11.2. The minimum absolute atomic E-state index is 0.0168. The molecule has 2 N–H and O–H groups in total. The Morgan fingerprint density at radius 1 is 1.37 bits per heavy atom. The van der Waals surface area contributed by atoms with E-state index >= 15 is 0 Å². The molecule has 2 unspecified atom stereocenters. The van der Waals surface area contributed by atoms with Gasteiger partial charge in [-0.1, -0.05) is 31.3 Å². The molecule has 0 spiro atoms. The highest BCUT2D eigenvalue weighted by Gasteiger charge is 2.39. The topological polar surface area (TPSA) is 74.2 Å². The van der Waals surface area contributed by atoms with Crippen molar-refractivity contribution in [1.29, 1.82) is 0 Å². The molecule has 0 aromatic carbocycles. The van der Waals surface area contributed by atoms with Gasteiger partial charge in [-0.2, -0.15) is 4.98 Å². The smallest absolute Gasteiger partial charge is 0.231 e. The molecule has 19 heavy (non-hydrogen) atoms. The lowest BCUT2D eigenvalue weighted by Crippen LogP contribution is -2.32. The van der Waals surface area contributed by atoms with Gasteiger partial charge in [0.1, 0.15) is 5.60 Å².